The highest BCUT2D eigenvalue weighted by Gasteiger charge is 2.28. The van der Waals surface area contributed by atoms with Crippen molar-refractivity contribution in [2.45, 2.75) is 170 Å². The maximum absolute atomic E-state index is 12.6. The summed E-state index contributed by atoms with van der Waals surface area (Å²) >= 11 is 0. The molecule has 0 atom stereocenters. The zero-order chi connectivity index (χ0) is 33.7. The minimum absolute atomic E-state index is 0.130. The number of esters is 1. The Balaban J connectivity index is 1.77. The van der Waals surface area contributed by atoms with Crippen molar-refractivity contribution in [3.63, 3.8) is 0 Å². The Hall–Kier alpha value is -2.62. The van der Waals surface area contributed by atoms with Gasteiger partial charge in [0, 0.05) is 23.7 Å². The van der Waals surface area contributed by atoms with E-state index in [9.17, 15) is 9.59 Å². The van der Waals surface area contributed by atoms with Crippen molar-refractivity contribution in [3.05, 3.63) is 58.7 Å². The molecule has 0 aliphatic rings. The number of unbranched alkanes of at least 4 members (excludes halogenated alkanes) is 7. The summed E-state index contributed by atoms with van der Waals surface area (Å²) in [5.41, 5.74) is 4.04. The number of ketones is 1. The van der Waals surface area contributed by atoms with E-state index in [1.807, 2.05) is 13.0 Å². The van der Waals surface area contributed by atoms with Crippen LogP contribution in [0.1, 0.15) is 168 Å². The van der Waals surface area contributed by atoms with Gasteiger partial charge in [0.05, 0.1) is 0 Å². The summed E-state index contributed by atoms with van der Waals surface area (Å²) in [6.07, 6.45) is 13.8. The van der Waals surface area contributed by atoms with E-state index >= 15 is 0 Å². The van der Waals surface area contributed by atoms with Gasteiger partial charge in [-0.1, -0.05) is 111 Å². The summed E-state index contributed by atoms with van der Waals surface area (Å²) in [5, 5.41) is 0. The minimum atomic E-state index is -0.210. The Kier molecular flexibility index (Phi) is 15.3. The van der Waals surface area contributed by atoms with Crippen LogP contribution in [0, 0.1) is 19.3 Å². The van der Waals surface area contributed by atoms with E-state index in [1.54, 1.807) is 0 Å². The topological polar surface area (TPSA) is 52.6 Å². The lowest BCUT2D eigenvalue weighted by atomic mass is 9.77. The standard InChI is InChI=1S/C41H64O4/c1-11-40(9,12-2)37(42)23-21-19-17-15-16-18-20-22-24-38(43)44-35-27-25-33(29-31(35)5)39(7,8)34-26-28-36(32(6)30-34)45-41(10,13-3)14-4/h25-30H,11-24H2,1-10H3. The van der Waals surface area contributed by atoms with Gasteiger partial charge in [-0.05, 0) is 93.7 Å². The first kappa shape index (κ1) is 38.6. The van der Waals surface area contributed by atoms with E-state index in [4.69, 9.17) is 9.47 Å². The van der Waals surface area contributed by atoms with Crippen LogP contribution in [-0.2, 0) is 15.0 Å². The highest BCUT2D eigenvalue weighted by molar-refractivity contribution is 5.84. The van der Waals surface area contributed by atoms with Crippen molar-refractivity contribution in [1.82, 2.24) is 0 Å². The first-order valence-electron chi connectivity index (χ1n) is 17.9. The van der Waals surface area contributed by atoms with Crippen LogP contribution in [-0.4, -0.2) is 17.4 Å². The maximum atomic E-state index is 12.6. The predicted molar refractivity (Wildman–Crippen MR) is 190 cm³/mol. The largest absolute Gasteiger partial charge is 0.487 e. The molecule has 4 heteroatoms. The summed E-state index contributed by atoms with van der Waals surface area (Å²) in [6.45, 7) is 21.5. The average molecular weight is 621 g/mol. The van der Waals surface area contributed by atoms with Crippen LogP contribution in [0.2, 0.25) is 0 Å². The van der Waals surface area contributed by atoms with Gasteiger partial charge in [0.25, 0.3) is 0 Å². The van der Waals surface area contributed by atoms with Crippen LogP contribution in [0.25, 0.3) is 0 Å². The Morgan fingerprint density at radius 3 is 1.49 bits per heavy atom. The Labute approximate surface area is 276 Å². The minimum Gasteiger partial charge on any atom is -0.487 e. The predicted octanol–water partition coefficient (Wildman–Crippen LogP) is 11.8. The molecular weight excluding hydrogens is 556 g/mol. The average Bonchev–Trinajstić information content (AvgIpc) is 3.03. The van der Waals surface area contributed by atoms with E-state index < -0.39 is 0 Å². The second-order valence-electron chi connectivity index (χ2n) is 14.3. The van der Waals surface area contributed by atoms with E-state index in [-0.39, 0.29) is 22.4 Å². The van der Waals surface area contributed by atoms with Gasteiger partial charge in [-0.25, -0.2) is 0 Å². The van der Waals surface area contributed by atoms with E-state index in [2.05, 4.69) is 92.6 Å². The molecule has 0 heterocycles. The number of benzene rings is 2. The lowest BCUT2D eigenvalue weighted by molar-refractivity contribution is -0.134. The highest BCUT2D eigenvalue weighted by atomic mass is 16.5. The van der Waals surface area contributed by atoms with Crippen LogP contribution >= 0.6 is 0 Å². The lowest BCUT2D eigenvalue weighted by Gasteiger charge is -2.31. The molecule has 0 bridgehead atoms. The van der Waals surface area contributed by atoms with Crippen molar-refractivity contribution in [1.29, 1.82) is 0 Å². The Morgan fingerprint density at radius 1 is 0.600 bits per heavy atom. The summed E-state index contributed by atoms with van der Waals surface area (Å²) in [5.74, 6) is 1.88. The third-order valence-electron chi connectivity index (χ3n) is 10.6. The number of aryl methyl sites for hydroxylation is 2. The molecule has 0 aromatic heterocycles. The van der Waals surface area contributed by atoms with Gasteiger partial charge in [0.1, 0.15) is 22.9 Å². The first-order valence-corrected chi connectivity index (χ1v) is 17.9. The number of rotatable bonds is 21. The molecule has 2 rings (SSSR count). The van der Waals surface area contributed by atoms with Crippen LogP contribution in [0.3, 0.4) is 0 Å². The molecule has 4 nitrogen and oxygen atoms in total. The molecule has 0 aliphatic heterocycles. The summed E-state index contributed by atoms with van der Waals surface area (Å²) in [4.78, 5) is 25.1. The molecule has 0 amide bonds. The fourth-order valence-electron chi connectivity index (χ4n) is 5.87. The monoisotopic (exact) mass is 620 g/mol. The lowest BCUT2D eigenvalue weighted by Crippen LogP contribution is -2.30. The van der Waals surface area contributed by atoms with E-state index in [0.29, 0.717) is 18.0 Å². The molecule has 0 spiro atoms. The molecule has 0 N–H and O–H groups in total. The van der Waals surface area contributed by atoms with E-state index in [0.717, 1.165) is 81.1 Å². The number of carbonyl (C=O) groups excluding carboxylic acids is 2. The molecule has 0 radical (unpaired) electrons. The highest BCUT2D eigenvalue weighted by Crippen LogP contribution is 2.37. The van der Waals surface area contributed by atoms with Crippen molar-refractivity contribution in [2.75, 3.05) is 0 Å². The van der Waals surface area contributed by atoms with Gasteiger partial charge in [-0.3, -0.25) is 9.59 Å². The normalized spacial score (nSPS) is 12.3. The number of carbonyl (C=O) groups is 2. The fraction of sp³-hybridized carbons (Fsp3) is 0.659. The van der Waals surface area contributed by atoms with Crippen molar-refractivity contribution in [3.8, 4) is 11.5 Å². The molecule has 2 aromatic rings. The third kappa shape index (κ3) is 11.3. The second kappa shape index (κ2) is 17.9. The van der Waals surface area contributed by atoms with Crippen LogP contribution in [0.15, 0.2) is 36.4 Å². The maximum Gasteiger partial charge on any atom is 0.311 e. The smallest absolute Gasteiger partial charge is 0.311 e. The van der Waals surface area contributed by atoms with Gasteiger partial charge in [0.2, 0.25) is 0 Å². The zero-order valence-corrected chi connectivity index (χ0v) is 30.5. The van der Waals surface area contributed by atoms with Crippen LogP contribution in [0.5, 0.6) is 11.5 Å². The molecule has 0 saturated carbocycles. The number of hydrogen-bond acceptors (Lipinski definition) is 4. The molecule has 45 heavy (non-hydrogen) atoms. The van der Waals surface area contributed by atoms with Crippen molar-refractivity contribution in [2.24, 2.45) is 5.41 Å². The van der Waals surface area contributed by atoms with Crippen LogP contribution < -0.4 is 9.47 Å². The molecule has 0 aliphatic carbocycles. The second-order valence-corrected chi connectivity index (χ2v) is 14.3. The number of ether oxygens (including phenoxy) is 2. The van der Waals surface area contributed by atoms with Crippen molar-refractivity contribution >= 4 is 11.8 Å². The van der Waals surface area contributed by atoms with E-state index in [1.165, 1.54) is 30.4 Å². The Morgan fingerprint density at radius 2 is 1.04 bits per heavy atom. The molecule has 252 valence electrons. The molecule has 0 fully saturated rings. The summed E-state index contributed by atoms with van der Waals surface area (Å²) in [6, 6.07) is 12.7. The molecular formula is C41H64O4. The van der Waals surface area contributed by atoms with Gasteiger partial charge in [-0.15, -0.1) is 0 Å². The Bertz CT molecular complexity index is 1220. The molecule has 0 unspecified atom stereocenters. The first-order chi connectivity index (χ1) is 21.2. The third-order valence-corrected chi connectivity index (χ3v) is 10.6. The fourth-order valence-corrected chi connectivity index (χ4v) is 5.87. The van der Waals surface area contributed by atoms with Crippen molar-refractivity contribution < 1.29 is 19.1 Å². The van der Waals surface area contributed by atoms with Gasteiger partial charge in [-0.2, -0.15) is 0 Å². The number of Topliss-reactive ketones (excluding diaryl/α,β-unsaturated/α-hetero) is 1. The molecule has 2 aromatic carbocycles. The van der Waals surface area contributed by atoms with Gasteiger partial charge >= 0.3 is 5.97 Å². The molecule has 0 saturated heterocycles. The summed E-state index contributed by atoms with van der Waals surface area (Å²) < 4.78 is 12.2. The quantitative estimate of drug-likeness (QED) is 0.0791. The summed E-state index contributed by atoms with van der Waals surface area (Å²) in [7, 11) is 0. The zero-order valence-electron chi connectivity index (χ0n) is 30.5. The van der Waals surface area contributed by atoms with Crippen LogP contribution in [0.4, 0.5) is 0 Å². The van der Waals surface area contributed by atoms with Gasteiger partial charge in [0.15, 0.2) is 0 Å². The SMILES string of the molecule is CCC(C)(CC)Oc1ccc(C(C)(C)c2ccc(OC(=O)CCCCCCCCCCC(=O)C(C)(CC)CC)c(C)c2)cc1C. The number of hydrogen-bond donors (Lipinski definition) is 0. The van der Waals surface area contributed by atoms with Gasteiger partial charge < -0.3 is 9.47 Å².